The van der Waals surface area contributed by atoms with Crippen LogP contribution in [0.1, 0.15) is 18.2 Å². The van der Waals surface area contributed by atoms with Gasteiger partial charge in [0.05, 0.1) is 6.26 Å². The predicted octanol–water partition coefficient (Wildman–Crippen LogP) is 1.77. The monoisotopic (exact) mass is 149 g/mol. The number of hydrogen-bond acceptors (Lipinski definition) is 2. The van der Waals surface area contributed by atoms with Crippen LogP contribution < -0.4 is 5.73 Å². The highest BCUT2D eigenvalue weighted by Gasteiger charge is 2.16. The second-order valence-electron chi connectivity index (χ2n) is 3.06. The van der Waals surface area contributed by atoms with Crippen LogP contribution in [0.2, 0.25) is 0 Å². The Bertz CT molecular complexity index is 298. The molecule has 0 aromatic carbocycles. The molecule has 1 heterocycles. The Morgan fingerprint density at radius 3 is 3.27 bits per heavy atom. The molecule has 1 atom stereocenters. The Kier molecular flexibility index (Phi) is 1.28. The van der Waals surface area contributed by atoms with E-state index in [9.17, 15) is 0 Å². The zero-order valence-corrected chi connectivity index (χ0v) is 6.50. The second kappa shape index (κ2) is 2.16. The van der Waals surface area contributed by atoms with E-state index in [2.05, 4.69) is 13.0 Å². The lowest BCUT2D eigenvalue weighted by molar-refractivity contribution is 0.481. The molecule has 0 saturated heterocycles. The van der Waals surface area contributed by atoms with E-state index in [0.29, 0.717) is 5.92 Å². The van der Waals surface area contributed by atoms with Crippen molar-refractivity contribution in [1.82, 2.24) is 0 Å². The van der Waals surface area contributed by atoms with Crippen LogP contribution in [-0.2, 0) is 6.42 Å². The lowest BCUT2D eigenvalue weighted by Gasteiger charge is -2.13. The lowest BCUT2D eigenvalue weighted by Crippen LogP contribution is -2.09. The number of rotatable bonds is 0. The second-order valence-corrected chi connectivity index (χ2v) is 3.06. The van der Waals surface area contributed by atoms with Crippen molar-refractivity contribution in [3.05, 3.63) is 29.7 Å². The van der Waals surface area contributed by atoms with Crippen LogP contribution in [0.25, 0.3) is 5.70 Å². The minimum atomic E-state index is 0.508. The third-order valence-corrected chi connectivity index (χ3v) is 2.03. The van der Waals surface area contributed by atoms with E-state index in [1.54, 1.807) is 6.26 Å². The lowest BCUT2D eigenvalue weighted by atomic mass is 9.95. The quantitative estimate of drug-likeness (QED) is 0.610. The average molecular weight is 149 g/mol. The Morgan fingerprint density at radius 1 is 1.64 bits per heavy atom. The molecule has 2 heteroatoms. The standard InChI is InChI=1S/C9H11NO/c1-6-4-8(10)7-2-3-11-9(7)5-6/h2-4,6H,5,10H2,1H3. The van der Waals surface area contributed by atoms with Gasteiger partial charge in [-0.05, 0) is 12.0 Å². The maximum absolute atomic E-state index is 5.78. The minimum absolute atomic E-state index is 0.508. The first-order valence-corrected chi connectivity index (χ1v) is 3.81. The first kappa shape index (κ1) is 6.53. The zero-order chi connectivity index (χ0) is 7.84. The molecule has 0 amide bonds. The number of furan rings is 1. The summed E-state index contributed by atoms with van der Waals surface area (Å²) in [6.07, 6.45) is 4.75. The molecule has 2 rings (SSSR count). The molecule has 1 aromatic rings. The summed E-state index contributed by atoms with van der Waals surface area (Å²) in [4.78, 5) is 0. The SMILES string of the molecule is CC1C=C(N)c2ccoc2C1. The van der Waals surface area contributed by atoms with E-state index in [4.69, 9.17) is 10.2 Å². The Balaban J connectivity index is 2.50. The van der Waals surface area contributed by atoms with Gasteiger partial charge in [-0.1, -0.05) is 13.0 Å². The highest BCUT2D eigenvalue weighted by Crippen LogP contribution is 2.26. The normalized spacial score (nSPS) is 22.6. The Hall–Kier alpha value is -1.18. The maximum Gasteiger partial charge on any atom is 0.113 e. The third-order valence-electron chi connectivity index (χ3n) is 2.03. The fourth-order valence-electron chi connectivity index (χ4n) is 1.50. The van der Waals surface area contributed by atoms with E-state index in [1.807, 2.05) is 6.07 Å². The molecule has 0 spiro atoms. The summed E-state index contributed by atoms with van der Waals surface area (Å²) in [5.74, 6) is 1.53. The van der Waals surface area contributed by atoms with Gasteiger partial charge in [0.2, 0.25) is 0 Å². The first-order chi connectivity index (χ1) is 5.27. The van der Waals surface area contributed by atoms with E-state index < -0.39 is 0 Å². The van der Waals surface area contributed by atoms with Crippen molar-refractivity contribution in [3.8, 4) is 0 Å². The molecule has 1 aromatic heterocycles. The summed E-state index contributed by atoms with van der Waals surface area (Å²) < 4.78 is 5.28. The molecule has 1 aliphatic carbocycles. The number of fused-ring (bicyclic) bond motifs is 1. The van der Waals surface area contributed by atoms with Crippen LogP contribution in [0.4, 0.5) is 0 Å². The van der Waals surface area contributed by atoms with Gasteiger partial charge in [0.1, 0.15) is 5.76 Å². The summed E-state index contributed by atoms with van der Waals surface area (Å²) in [6, 6.07) is 1.92. The van der Waals surface area contributed by atoms with Crippen LogP contribution in [0.5, 0.6) is 0 Å². The fourth-order valence-corrected chi connectivity index (χ4v) is 1.50. The molecule has 0 radical (unpaired) electrons. The van der Waals surface area contributed by atoms with Gasteiger partial charge in [-0.3, -0.25) is 0 Å². The third kappa shape index (κ3) is 0.946. The van der Waals surface area contributed by atoms with Gasteiger partial charge in [-0.2, -0.15) is 0 Å². The summed E-state index contributed by atoms with van der Waals surface area (Å²) in [7, 11) is 0. The van der Waals surface area contributed by atoms with Crippen molar-refractivity contribution in [2.75, 3.05) is 0 Å². The van der Waals surface area contributed by atoms with Gasteiger partial charge < -0.3 is 10.2 Å². The van der Waals surface area contributed by atoms with Crippen molar-refractivity contribution >= 4 is 5.70 Å². The summed E-state index contributed by atoms with van der Waals surface area (Å²) in [5, 5.41) is 0. The Morgan fingerprint density at radius 2 is 2.45 bits per heavy atom. The molecule has 0 aliphatic heterocycles. The van der Waals surface area contributed by atoms with Crippen molar-refractivity contribution in [2.24, 2.45) is 11.7 Å². The molecule has 0 fully saturated rings. The molecular formula is C9H11NO. The highest BCUT2D eigenvalue weighted by atomic mass is 16.3. The molecule has 11 heavy (non-hydrogen) atoms. The van der Waals surface area contributed by atoms with Crippen LogP contribution in [-0.4, -0.2) is 0 Å². The van der Waals surface area contributed by atoms with Gasteiger partial charge in [-0.25, -0.2) is 0 Å². The van der Waals surface area contributed by atoms with Gasteiger partial charge in [0, 0.05) is 17.7 Å². The van der Waals surface area contributed by atoms with Crippen LogP contribution in [0, 0.1) is 5.92 Å². The van der Waals surface area contributed by atoms with Gasteiger partial charge in [0.25, 0.3) is 0 Å². The molecule has 0 saturated carbocycles. The van der Waals surface area contributed by atoms with Gasteiger partial charge >= 0.3 is 0 Å². The van der Waals surface area contributed by atoms with Gasteiger partial charge in [-0.15, -0.1) is 0 Å². The van der Waals surface area contributed by atoms with E-state index in [1.165, 1.54) is 0 Å². The molecule has 2 nitrogen and oxygen atoms in total. The Labute approximate surface area is 65.7 Å². The van der Waals surface area contributed by atoms with Crippen LogP contribution in [0.15, 0.2) is 22.8 Å². The maximum atomic E-state index is 5.78. The fraction of sp³-hybridized carbons (Fsp3) is 0.333. The number of hydrogen-bond donors (Lipinski definition) is 1. The highest BCUT2D eigenvalue weighted by molar-refractivity contribution is 5.66. The van der Waals surface area contributed by atoms with E-state index in [-0.39, 0.29) is 0 Å². The van der Waals surface area contributed by atoms with Crippen molar-refractivity contribution < 1.29 is 4.42 Å². The number of nitrogens with two attached hydrogens (primary N) is 1. The van der Waals surface area contributed by atoms with Crippen LogP contribution >= 0.6 is 0 Å². The molecular weight excluding hydrogens is 138 g/mol. The largest absolute Gasteiger partial charge is 0.469 e. The smallest absolute Gasteiger partial charge is 0.113 e. The minimum Gasteiger partial charge on any atom is -0.469 e. The van der Waals surface area contributed by atoms with E-state index in [0.717, 1.165) is 23.4 Å². The van der Waals surface area contributed by atoms with Gasteiger partial charge in [0.15, 0.2) is 0 Å². The molecule has 1 unspecified atom stereocenters. The summed E-state index contributed by atoms with van der Waals surface area (Å²) in [6.45, 7) is 2.14. The summed E-state index contributed by atoms with van der Waals surface area (Å²) in [5.41, 5.74) is 7.71. The average Bonchev–Trinajstić information content (AvgIpc) is 2.34. The zero-order valence-electron chi connectivity index (χ0n) is 6.50. The summed E-state index contributed by atoms with van der Waals surface area (Å²) >= 11 is 0. The number of allylic oxidation sites excluding steroid dienone is 1. The molecule has 2 N–H and O–H groups in total. The first-order valence-electron chi connectivity index (χ1n) is 3.81. The molecule has 1 aliphatic rings. The van der Waals surface area contributed by atoms with Crippen molar-refractivity contribution in [2.45, 2.75) is 13.3 Å². The van der Waals surface area contributed by atoms with Crippen molar-refractivity contribution in [3.63, 3.8) is 0 Å². The topological polar surface area (TPSA) is 39.2 Å². The molecule has 58 valence electrons. The predicted molar refractivity (Wildman–Crippen MR) is 43.7 cm³/mol. The molecule has 0 bridgehead atoms. The van der Waals surface area contributed by atoms with E-state index >= 15 is 0 Å². The van der Waals surface area contributed by atoms with Crippen molar-refractivity contribution in [1.29, 1.82) is 0 Å². The van der Waals surface area contributed by atoms with Crippen LogP contribution in [0.3, 0.4) is 0 Å².